The molecule has 1 aromatic heterocycles. The molecule has 0 saturated carbocycles. The lowest BCUT2D eigenvalue weighted by Gasteiger charge is -2.05. The van der Waals surface area contributed by atoms with Crippen molar-refractivity contribution in [1.29, 1.82) is 0 Å². The van der Waals surface area contributed by atoms with Crippen LogP contribution in [0.3, 0.4) is 0 Å². The van der Waals surface area contributed by atoms with Crippen molar-refractivity contribution in [2.24, 2.45) is 7.05 Å². The van der Waals surface area contributed by atoms with Gasteiger partial charge in [-0.05, 0) is 6.42 Å². The fourth-order valence-corrected chi connectivity index (χ4v) is 2.07. The normalized spacial score (nSPS) is 12.4. The van der Waals surface area contributed by atoms with E-state index in [4.69, 9.17) is 5.11 Å². The molecule has 1 heterocycles. The second-order valence-corrected chi connectivity index (χ2v) is 4.29. The Bertz CT molecular complexity index is 417. The van der Waals surface area contributed by atoms with Gasteiger partial charge in [0.15, 0.2) is 5.03 Å². The molecule has 8 heteroatoms. The van der Waals surface area contributed by atoms with Crippen molar-refractivity contribution in [2.75, 3.05) is 0 Å². The molecule has 0 saturated heterocycles. The highest BCUT2D eigenvalue weighted by atomic mass is 32.2. The average molecular weight is 245 g/mol. The van der Waals surface area contributed by atoms with Crippen LogP contribution < -0.4 is 0 Å². The maximum absolute atomic E-state index is 10.8. The second-order valence-electron chi connectivity index (χ2n) is 3.10. The van der Waals surface area contributed by atoms with E-state index in [-0.39, 0.29) is 10.7 Å². The number of nitrogens with zero attached hydrogens (tertiary/aromatic N) is 3. The summed E-state index contributed by atoms with van der Waals surface area (Å²) in [5, 5.41) is 22.8. The number of carboxylic acids is 1. The van der Waals surface area contributed by atoms with Crippen LogP contribution in [0.15, 0.2) is 11.2 Å². The van der Waals surface area contributed by atoms with Gasteiger partial charge < -0.3 is 5.11 Å². The number of rotatable bonds is 5. The van der Waals surface area contributed by atoms with Gasteiger partial charge in [-0.3, -0.25) is 19.6 Å². The van der Waals surface area contributed by atoms with Crippen molar-refractivity contribution >= 4 is 23.4 Å². The Kier molecular flexibility index (Phi) is 3.88. The fraction of sp³-hybridized carbons (Fsp3) is 0.500. The van der Waals surface area contributed by atoms with Gasteiger partial charge in [-0.1, -0.05) is 18.7 Å². The van der Waals surface area contributed by atoms with E-state index in [9.17, 15) is 14.9 Å². The van der Waals surface area contributed by atoms with Crippen LogP contribution in [0.1, 0.15) is 13.3 Å². The molecule has 1 atom stereocenters. The predicted octanol–water partition coefficient (Wildman–Crippen LogP) is 1.28. The van der Waals surface area contributed by atoms with Crippen LogP contribution >= 0.6 is 11.8 Å². The lowest BCUT2D eigenvalue weighted by Crippen LogP contribution is -2.15. The highest BCUT2D eigenvalue weighted by Crippen LogP contribution is 2.31. The number of carboxylic acid groups (broad SMARTS) is 1. The minimum absolute atomic E-state index is 0.141. The maximum atomic E-state index is 10.8. The standard InChI is InChI=1S/C8H11N3O4S/c1-3-6(8(12)13)16-7-5(11(14)15)4-10(2)9-7/h4,6H,3H2,1-2H3,(H,12,13). The first-order valence-electron chi connectivity index (χ1n) is 4.53. The van der Waals surface area contributed by atoms with Gasteiger partial charge in [-0.2, -0.15) is 5.10 Å². The van der Waals surface area contributed by atoms with E-state index in [1.54, 1.807) is 14.0 Å². The molecule has 0 aliphatic rings. The molecule has 0 fully saturated rings. The zero-order valence-electron chi connectivity index (χ0n) is 8.78. The van der Waals surface area contributed by atoms with E-state index >= 15 is 0 Å². The van der Waals surface area contributed by atoms with Gasteiger partial charge in [-0.15, -0.1) is 0 Å². The summed E-state index contributed by atoms with van der Waals surface area (Å²) < 4.78 is 1.30. The van der Waals surface area contributed by atoms with Gasteiger partial charge in [-0.25, -0.2) is 0 Å². The molecule has 1 aromatic rings. The van der Waals surface area contributed by atoms with Crippen LogP contribution in [0.5, 0.6) is 0 Å². The number of aromatic nitrogens is 2. The molecule has 0 amide bonds. The first-order chi connectivity index (χ1) is 7.45. The van der Waals surface area contributed by atoms with E-state index in [1.807, 2.05) is 0 Å². The minimum atomic E-state index is -0.993. The first kappa shape index (κ1) is 12.5. The Morgan fingerprint density at radius 1 is 1.81 bits per heavy atom. The van der Waals surface area contributed by atoms with Gasteiger partial charge in [0.05, 0.1) is 4.92 Å². The summed E-state index contributed by atoms with van der Waals surface area (Å²) >= 11 is 0.899. The van der Waals surface area contributed by atoms with Crippen LogP contribution in [0.25, 0.3) is 0 Å². The monoisotopic (exact) mass is 245 g/mol. The van der Waals surface area contributed by atoms with Gasteiger partial charge in [0.25, 0.3) is 0 Å². The fourth-order valence-electron chi connectivity index (χ4n) is 1.11. The molecule has 0 aliphatic carbocycles. The molecule has 1 N–H and O–H groups in total. The molecule has 1 unspecified atom stereocenters. The largest absolute Gasteiger partial charge is 0.480 e. The summed E-state index contributed by atoms with van der Waals surface area (Å²) in [7, 11) is 1.55. The number of nitro groups is 1. The summed E-state index contributed by atoms with van der Waals surface area (Å²) in [6.45, 7) is 1.71. The smallest absolute Gasteiger partial charge is 0.320 e. The second kappa shape index (κ2) is 4.97. The van der Waals surface area contributed by atoms with Crippen molar-refractivity contribution in [3.63, 3.8) is 0 Å². The third-order valence-corrected chi connectivity index (χ3v) is 3.21. The Hall–Kier alpha value is -1.57. The Morgan fingerprint density at radius 3 is 2.88 bits per heavy atom. The van der Waals surface area contributed by atoms with E-state index < -0.39 is 16.1 Å². The van der Waals surface area contributed by atoms with Gasteiger partial charge in [0.2, 0.25) is 0 Å². The summed E-state index contributed by atoms with van der Waals surface area (Å²) in [5.74, 6) is -0.993. The maximum Gasteiger partial charge on any atom is 0.320 e. The third-order valence-electron chi connectivity index (χ3n) is 1.87. The van der Waals surface area contributed by atoms with Crippen molar-refractivity contribution in [3.05, 3.63) is 16.3 Å². The lowest BCUT2D eigenvalue weighted by atomic mass is 10.3. The average Bonchev–Trinajstić information content (AvgIpc) is 2.55. The van der Waals surface area contributed by atoms with Crippen LogP contribution in [0.2, 0.25) is 0 Å². The SMILES string of the molecule is CCC(Sc1nn(C)cc1[N+](=O)[O-])C(=O)O. The molecule has 0 spiro atoms. The summed E-state index contributed by atoms with van der Waals surface area (Å²) in [5.41, 5.74) is -0.160. The Labute approximate surface area is 95.6 Å². The highest BCUT2D eigenvalue weighted by Gasteiger charge is 2.25. The van der Waals surface area contributed by atoms with E-state index in [0.29, 0.717) is 6.42 Å². The van der Waals surface area contributed by atoms with Crippen LogP contribution in [-0.2, 0) is 11.8 Å². The van der Waals surface area contributed by atoms with Crippen LogP contribution in [-0.4, -0.2) is 31.0 Å². The molecule has 88 valence electrons. The topological polar surface area (TPSA) is 98.3 Å². The zero-order valence-corrected chi connectivity index (χ0v) is 9.60. The Balaban J connectivity index is 2.95. The summed E-state index contributed by atoms with van der Waals surface area (Å²) in [6, 6.07) is 0. The number of aryl methyl sites for hydroxylation is 1. The molecule has 0 aliphatic heterocycles. The Morgan fingerprint density at radius 2 is 2.44 bits per heavy atom. The van der Waals surface area contributed by atoms with Crippen molar-refractivity contribution < 1.29 is 14.8 Å². The molecule has 16 heavy (non-hydrogen) atoms. The minimum Gasteiger partial charge on any atom is -0.480 e. The van der Waals surface area contributed by atoms with Gasteiger partial charge in [0.1, 0.15) is 11.4 Å². The van der Waals surface area contributed by atoms with Crippen molar-refractivity contribution in [1.82, 2.24) is 9.78 Å². The lowest BCUT2D eigenvalue weighted by molar-refractivity contribution is -0.387. The molecule has 0 aromatic carbocycles. The number of aliphatic carboxylic acids is 1. The van der Waals surface area contributed by atoms with Crippen LogP contribution in [0.4, 0.5) is 5.69 Å². The zero-order chi connectivity index (χ0) is 12.3. The van der Waals surface area contributed by atoms with E-state index in [0.717, 1.165) is 11.8 Å². The molecule has 0 bridgehead atoms. The van der Waals surface area contributed by atoms with Crippen molar-refractivity contribution in [2.45, 2.75) is 23.6 Å². The number of hydrogen-bond donors (Lipinski definition) is 1. The molecule has 0 radical (unpaired) electrons. The quantitative estimate of drug-likeness (QED) is 0.476. The highest BCUT2D eigenvalue weighted by molar-refractivity contribution is 8.00. The summed E-state index contributed by atoms with van der Waals surface area (Å²) in [4.78, 5) is 20.9. The molecule has 7 nitrogen and oxygen atoms in total. The summed E-state index contributed by atoms with van der Waals surface area (Å²) in [6.07, 6.45) is 1.64. The van der Waals surface area contributed by atoms with E-state index in [2.05, 4.69) is 5.10 Å². The number of hydrogen-bond acceptors (Lipinski definition) is 5. The molecular formula is C8H11N3O4S. The van der Waals surface area contributed by atoms with Gasteiger partial charge >= 0.3 is 11.7 Å². The van der Waals surface area contributed by atoms with Crippen LogP contribution in [0, 0.1) is 10.1 Å². The number of thioether (sulfide) groups is 1. The third kappa shape index (κ3) is 2.72. The molecular weight excluding hydrogens is 234 g/mol. The number of carbonyl (C=O) groups is 1. The molecule has 1 rings (SSSR count). The predicted molar refractivity (Wildman–Crippen MR) is 57.4 cm³/mol. The van der Waals surface area contributed by atoms with E-state index in [1.165, 1.54) is 10.9 Å². The first-order valence-corrected chi connectivity index (χ1v) is 5.41. The van der Waals surface area contributed by atoms with Crippen molar-refractivity contribution in [3.8, 4) is 0 Å². The van der Waals surface area contributed by atoms with Gasteiger partial charge in [0, 0.05) is 7.05 Å².